The van der Waals surface area contributed by atoms with E-state index < -0.39 is 0 Å². The minimum absolute atomic E-state index is 0.0401. The predicted octanol–water partition coefficient (Wildman–Crippen LogP) is 15.2. The van der Waals surface area contributed by atoms with Crippen LogP contribution in [-0.4, -0.2) is 23.7 Å². The Morgan fingerprint density at radius 2 is 0.762 bits per heavy atom. The Morgan fingerprint density at radius 1 is 0.365 bits per heavy atom. The van der Waals surface area contributed by atoms with Crippen LogP contribution in [0.1, 0.15) is 52.7 Å². The lowest BCUT2D eigenvalue weighted by Gasteiger charge is -2.19. The molecule has 0 saturated carbocycles. The van der Waals surface area contributed by atoms with Gasteiger partial charge in [-0.05, 0) is 94.8 Å². The van der Waals surface area contributed by atoms with Crippen molar-refractivity contribution >= 4 is 76.5 Å². The van der Waals surface area contributed by atoms with Gasteiger partial charge in [0.05, 0.1) is 56.4 Å². The van der Waals surface area contributed by atoms with E-state index in [1.807, 2.05) is 6.20 Å². The lowest BCUT2D eigenvalue weighted by Crippen LogP contribution is -2.10. The summed E-state index contributed by atoms with van der Waals surface area (Å²) in [5.41, 5.74) is 16.3. The minimum atomic E-state index is 0.0401. The molecule has 4 aromatic heterocycles. The van der Waals surface area contributed by atoms with Gasteiger partial charge in [-0.3, -0.25) is 4.98 Å². The van der Waals surface area contributed by atoms with E-state index in [0.29, 0.717) is 0 Å². The second-order valence-corrected chi connectivity index (χ2v) is 19.1. The van der Waals surface area contributed by atoms with E-state index in [-0.39, 0.29) is 10.8 Å². The van der Waals surface area contributed by atoms with Crippen LogP contribution in [0.4, 0.5) is 0 Å². The molecule has 0 saturated heterocycles. The molecule has 63 heavy (non-hydrogen) atoms. The number of fused-ring (bicyclic) bond motifs is 10. The van der Waals surface area contributed by atoms with Crippen molar-refractivity contribution in [1.29, 1.82) is 0 Å². The smallest absolute Gasteiger partial charge is 0.116 e. The Kier molecular flexibility index (Phi) is 7.99. The Balaban J connectivity index is 1.07. The molecule has 0 fully saturated rings. The summed E-state index contributed by atoms with van der Waals surface area (Å²) in [4.78, 5) is 11.0. The molecule has 5 nitrogen and oxygen atoms in total. The maximum absolute atomic E-state index is 5.60. The highest BCUT2D eigenvalue weighted by molar-refractivity contribution is 6.13. The molecule has 0 aliphatic rings. The van der Waals surface area contributed by atoms with Gasteiger partial charge in [0.2, 0.25) is 0 Å². The van der Waals surface area contributed by atoms with E-state index in [1.165, 1.54) is 54.5 Å². The third-order valence-electron chi connectivity index (χ3n) is 13.2. The largest absolute Gasteiger partial charge is 0.309 e. The number of rotatable bonds is 4. The Bertz CT molecular complexity index is 3630. The quantitative estimate of drug-likeness (QED) is 0.178. The van der Waals surface area contributed by atoms with Crippen LogP contribution in [0.15, 0.2) is 176 Å². The van der Waals surface area contributed by atoms with Gasteiger partial charge < -0.3 is 13.7 Å². The molecule has 0 spiro atoms. The number of benzene rings is 8. The molecule has 4 heterocycles. The van der Waals surface area contributed by atoms with Crippen LogP contribution in [0.25, 0.3) is 105 Å². The van der Waals surface area contributed by atoms with Crippen molar-refractivity contribution in [2.75, 3.05) is 0 Å². The summed E-state index contributed by atoms with van der Waals surface area (Å²) in [7, 11) is 0. The number of hydrogen-bond acceptors (Lipinski definition) is 2. The van der Waals surface area contributed by atoms with Crippen molar-refractivity contribution in [3.63, 3.8) is 0 Å². The molecule has 0 amide bonds. The monoisotopic (exact) mass is 813 g/mol. The van der Waals surface area contributed by atoms with Crippen LogP contribution < -0.4 is 0 Å². The molecule has 0 atom stereocenters. The van der Waals surface area contributed by atoms with Crippen LogP contribution in [0.2, 0.25) is 0 Å². The second kappa shape index (κ2) is 13.5. The fraction of sp³-hybridized carbons (Fsp3) is 0.138. The number of nitrogens with zero attached hydrogens (tertiary/aromatic N) is 5. The summed E-state index contributed by atoms with van der Waals surface area (Å²) in [6, 6.07) is 62.0. The first-order valence-electron chi connectivity index (χ1n) is 22.0. The van der Waals surface area contributed by atoms with Gasteiger partial charge in [-0.25, -0.2) is 4.98 Å². The summed E-state index contributed by atoms with van der Waals surface area (Å²) in [5, 5.41) is 7.41. The first-order chi connectivity index (χ1) is 30.5. The molecular formula is C58H47N5. The van der Waals surface area contributed by atoms with E-state index >= 15 is 0 Å². The van der Waals surface area contributed by atoms with Crippen molar-refractivity contribution < 1.29 is 0 Å². The maximum Gasteiger partial charge on any atom is 0.116 e. The molecule has 304 valence electrons. The summed E-state index contributed by atoms with van der Waals surface area (Å²) < 4.78 is 7.13. The molecule has 8 aromatic carbocycles. The van der Waals surface area contributed by atoms with Crippen molar-refractivity contribution in [1.82, 2.24) is 23.7 Å². The molecule has 0 bridgehead atoms. The molecule has 12 aromatic rings. The van der Waals surface area contributed by atoms with Gasteiger partial charge in [-0.15, -0.1) is 0 Å². The Hall–Kier alpha value is -7.50. The fourth-order valence-electron chi connectivity index (χ4n) is 9.95. The third-order valence-corrected chi connectivity index (χ3v) is 13.2. The maximum atomic E-state index is 5.60. The second-order valence-electron chi connectivity index (χ2n) is 19.1. The first kappa shape index (κ1) is 37.3. The van der Waals surface area contributed by atoms with Crippen molar-refractivity contribution in [3.05, 3.63) is 187 Å². The summed E-state index contributed by atoms with van der Waals surface area (Å²) in [6.07, 6.45) is 1.95. The summed E-state index contributed by atoms with van der Waals surface area (Å²) in [6.45, 7) is 13.7. The Labute approximate surface area is 366 Å². The van der Waals surface area contributed by atoms with Gasteiger partial charge in [-0.2, -0.15) is 0 Å². The number of para-hydroxylation sites is 4. The zero-order chi connectivity index (χ0) is 42.8. The van der Waals surface area contributed by atoms with E-state index in [4.69, 9.17) is 9.97 Å². The van der Waals surface area contributed by atoms with Gasteiger partial charge in [-0.1, -0.05) is 139 Å². The molecule has 5 heteroatoms. The highest BCUT2D eigenvalue weighted by Crippen LogP contribution is 2.41. The fourth-order valence-corrected chi connectivity index (χ4v) is 9.95. The van der Waals surface area contributed by atoms with Crippen LogP contribution in [0, 0.1) is 0 Å². The molecule has 0 aliphatic heterocycles. The van der Waals surface area contributed by atoms with Crippen molar-refractivity contribution in [3.8, 4) is 28.3 Å². The topological polar surface area (TPSA) is 40.6 Å². The summed E-state index contributed by atoms with van der Waals surface area (Å²) in [5.74, 6) is 0. The van der Waals surface area contributed by atoms with Crippen LogP contribution in [-0.2, 0) is 10.8 Å². The molecule has 0 N–H and O–H groups in total. The van der Waals surface area contributed by atoms with Gasteiger partial charge in [0.25, 0.3) is 0 Å². The van der Waals surface area contributed by atoms with Gasteiger partial charge in [0, 0.05) is 43.6 Å². The first-order valence-corrected chi connectivity index (χ1v) is 22.0. The van der Waals surface area contributed by atoms with E-state index in [0.717, 1.165) is 61.4 Å². The number of hydrogen-bond donors (Lipinski definition) is 0. The van der Waals surface area contributed by atoms with Gasteiger partial charge in [0.1, 0.15) is 11.0 Å². The minimum Gasteiger partial charge on any atom is -0.309 e. The van der Waals surface area contributed by atoms with E-state index in [2.05, 4.69) is 225 Å². The van der Waals surface area contributed by atoms with Crippen LogP contribution in [0.5, 0.6) is 0 Å². The lowest BCUT2D eigenvalue weighted by molar-refractivity contribution is 0.590. The third kappa shape index (κ3) is 5.69. The van der Waals surface area contributed by atoms with Gasteiger partial charge in [0.15, 0.2) is 0 Å². The molecule has 0 unspecified atom stereocenters. The van der Waals surface area contributed by atoms with Crippen molar-refractivity contribution in [2.45, 2.75) is 52.4 Å². The predicted molar refractivity (Wildman–Crippen MR) is 265 cm³/mol. The number of aromatic nitrogens is 5. The zero-order valence-corrected chi connectivity index (χ0v) is 36.5. The summed E-state index contributed by atoms with van der Waals surface area (Å²) >= 11 is 0. The molecule has 0 aliphatic carbocycles. The standard InChI is InChI=1S/C58H47N5/c1-57(2,3)37-25-29-51-44(33-37)45-34-38(58(4,5)6)26-30-52(45)61(51)39-27-23-36(24-28-39)46-35-59-55-53(62-47-19-11-7-15-40(47)41-16-8-12-20-48(41)62)31-32-54(56(55)60-46)63-49-21-13-9-17-42(49)43-18-10-14-22-50(43)63/h7-35H,1-6H3. The molecular weight excluding hydrogens is 767 g/mol. The normalized spacial score (nSPS) is 12.6. The van der Waals surface area contributed by atoms with E-state index in [1.54, 1.807) is 0 Å². The van der Waals surface area contributed by atoms with Crippen LogP contribution >= 0.6 is 0 Å². The average molecular weight is 814 g/mol. The zero-order valence-electron chi connectivity index (χ0n) is 36.5. The average Bonchev–Trinajstić information content (AvgIpc) is 3.93. The molecule has 12 rings (SSSR count). The Morgan fingerprint density at radius 3 is 1.19 bits per heavy atom. The molecule has 0 radical (unpaired) electrons. The lowest BCUT2D eigenvalue weighted by atomic mass is 9.85. The highest BCUT2D eigenvalue weighted by Gasteiger charge is 2.23. The SMILES string of the molecule is CC(C)(C)c1ccc2c(c1)c1cc(C(C)(C)C)ccc1n2-c1ccc(-c2cnc3c(-n4c5ccccc5c5ccccc54)ccc(-n4c5ccccc5c5ccccc54)c3n2)cc1. The highest BCUT2D eigenvalue weighted by atomic mass is 15.0. The van der Waals surface area contributed by atoms with E-state index in [9.17, 15) is 0 Å². The van der Waals surface area contributed by atoms with Crippen LogP contribution in [0.3, 0.4) is 0 Å². The van der Waals surface area contributed by atoms with Gasteiger partial charge >= 0.3 is 0 Å². The van der Waals surface area contributed by atoms with Crippen molar-refractivity contribution in [2.24, 2.45) is 0 Å².